The Morgan fingerprint density at radius 3 is 2.96 bits per heavy atom. The molecule has 1 aromatic heterocycles. The van der Waals surface area contributed by atoms with Gasteiger partial charge in [-0.25, -0.2) is 0 Å². The highest BCUT2D eigenvalue weighted by molar-refractivity contribution is 7.08. The molecule has 0 spiro atoms. The van der Waals surface area contributed by atoms with Crippen LogP contribution < -0.4 is 10.1 Å². The summed E-state index contributed by atoms with van der Waals surface area (Å²) in [5.41, 5.74) is 2.26. The fourth-order valence-corrected chi connectivity index (χ4v) is 3.26. The number of anilines is 1. The lowest BCUT2D eigenvalue weighted by Gasteiger charge is -2.20. The molecule has 0 amide bonds. The van der Waals surface area contributed by atoms with Crippen molar-refractivity contribution in [2.75, 3.05) is 31.6 Å². The molecule has 5 heteroatoms. The van der Waals surface area contributed by atoms with Crippen molar-refractivity contribution in [1.82, 2.24) is 4.90 Å². The molecule has 0 aliphatic carbocycles. The van der Waals surface area contributed by atoms with Gasteiger partial charge in [0.05, 0.1) is 0 Å². The van der Waals surface area contributed by atoms with Gasteiger partial charge in [-0.05, 0) is 49.0 Å². The Morgan fingerprint density at radius 1 is 1.35 bits per heavy atom. The van der Waals surface area contributed by atoms with Crippen LogP contribution in [0.5, 0.6) is 5.75 Å². The number of aliphatic hydroxyl groups excluding tert-OH is 1. The average molecular weight is 375 g/mol. The van der Waals surface area contributed by atoms with Gasteiger partial charge in [0.15, 0.2) is 0 Å². The number of allylic oxidation sites excluding steroid dienone is 1. The average Bonchev–Trinajstić information content (AvgIpc) is 3.17. The summed E-state index contributed by atoms with van der Waals surface area (Å²) in [5.74, 6) is 0.805. The van der Waals surface area contributed by atoms with Gasteiger partial charge in [-0.15, -0.1) is 0 Å². The van der Waals surface area contributed by atoms with Crippen molar-refractivity contribution in [2.45, 2.75) is 32.9 Å². The second-order valence-electron chi connectivity index (χ2n) is 6.31. The molecule has 0 bridgehead atoms. The van der Waals surface area contributed by atoms with E-state index in [0.717, 1.165) is 37.5 Å². The zero-order valence-electron chi connectivity index (χ0n) is 15.7. The number of aliphatic hydroxyl groups is 1. The van der Waals surface area contributed by atoms with E-state index in [1.54, 1.807) is 11.3 Å². The van der Waals surface area contributed by atoms with Crippen LogP contribution in [0, 0.1) is 0 Å². The van der Waals surface area contributed by atoms with E-state index in [1.165, 1.54) is 5.56 Å². The van der Waals surface area contributed by atoms with E-state index in [0.29, 0.717) is 6.54 Å². The standard InChI is InChI=1S/C21H30N2O2S/c1-3-5-11-23(10-4-2)15-18-7-6-8-21(13-18)25-16-20(24)14-22-19-9-12-26-17-19/h3,5-9,12-13,17,20,22,24H,4,10-11,14-16H2,1-2H3/b5-3+. The fourth-order valence-electron chi connectivity index (χ4n) is 2.65. The molecule has 2 rings (SSSR count). The summed E-state index contributed by atoms with van der Waals surface area (Å²) in [4.78, 5) is 2.42. The molecule has 0 radical (unpaired) electrons. The minimum atomic E-state index is -0.551. The van der Waals surface area contributed by atoms with Crippen molar-refractivity contribution in [2.24, 2.45) is 0 Å². The molecule has 0 fully saturated rings. The molecule has 26 heavy (non-hydrogen) atoms. The third-order valence-electron chi connectivity index (χ3n) is 3.95. The van der Waals surface area contributed by atoms with Crippen LogP contribution in [-0.2, 0) is 6.54 Å². The number of nitrogens with zero attached hydrogens (tertiary/aromatic N) is 1. The lowest BCUT2D eigenvalue weighted by molar-refractivity contribution is 0.117. The Kier molecular flexibility index (Phi) is 9.24. The predicted molar refractivity (Wildman–Crippen MR) is 111 cm³/mol. The number of hydrogen-bond donors (Lipinski definition) is 2. The first-order valence-electron chi connectivity index (χ1n) is 9.20. The molecule has 0 saturated carbocycles. The molecular weight excluding hydrogens is 344 g/mol. The Balaban J connectivity index is 1.81. The highest BCUT2D eigenvalue weighted by atomic mass is 32.1. The van der Waals surface area contributed by atoms with Gasteiger partial charge in [-0.2, -0.15) is 11.3 Å². The van der Waals surface area contributed by atoms with Gasteiger partial charge in [0.1, 0.15) is 18.5 Å². The molecule has 0 saturated heterocycles. The molecule has 2 N–H and O–H groups in total. The molecule has 2 aromatic rings. The summed E-state index contributed by atoms with van der Waals surface area (Å²) >= 11 is 1.63. The first kappa shape index (κ1) is 20.5. The van der Waals surface area contributed by atoms with Crippen molar-refractivity contribution in [3.8, 4) is 5.75 Å². The maximum absolute atomic E-state index is 10.1. The summed E-state index contributed by atoms with van der Waals surface area (Å²) < 4.78 is 5.78. The third-order valence-corrected chi connectivity index (χ3v) is 4.63. The quantitative estimate of drug-likeness (QED) is 0.541. The van der Waals surface area contributed by atoms with Crippen LogP contribution in [-0.4, -0.2) is 42.4 Å². The lowest BCUT2D eigenvalue weighted by atomic mass is 10.2. The van der Waals surface area contributed by atoms with Gasteiger partial charge in [0, 0.05) is 30.7 Å². The molecule has 142 valence electrons. The highest BCUT2D eigenvalue weighted by Gasteiger charge is 2.07. The minimum absolute atomic E-state index is 0.276. The zero-order valence-corrected chi connectivity index (χ0v) is 16.5. The number of nitrogens with one attached hydrogen (secondary N) is 1. The van der Waals surface area contributed by atoms with Crippen molar-refractivity contribution >= 4 is 17.0 Å². The first-order valence-corrected chi connectivity index (χ1v) is 10.1. The number of benzene rings is 1. The maximum atomic E-state index is 10.1. The number of hydrogen-bond acceptors (Lipinski definition) is 5. The zero-order chi connectivity index (χ0) is 18.6. The van der Waals surface area contributed by atoms with Gasteiger partial charge in [-0.1, -0.05) is 31.2 Å². The van der Waals surface area contributed by atoms with E-state index in [9.17, 15) is 5.11 Å². The van der Waals surface area contributed by atoms with E-state index < -0.39 is 6.10 Å². The largest absolute Gasteiger partial charge is 0.491 e. The number of rotatable bonds is 12. The third kappa shape index (κ3) is 7.60. The molecule has 1 atom stereocenters. The van der Waals surface area contributed by atoms with Gasteiger partial charge in [0.2, 0.25) is 0 Å². The summed E-state index contributed by atoms with van der Waals surface area (Å²) in [5, 5.41) is 17.3. The normalized spacial score (nSPS) is 12.6. The van der Waals surface area contributed by atoms with Crippen LogP contribution in [0.4, 0.5) is 5.69 Å². The van der Waals surface area contributed by atoms with Crippen LogP contribution in [0.2, 0.25) is 0 Å². The van der Waals surface area contributed by atoms with E-state index >= 15 is 0 Å². The molecule has 0 aliphatic heterocycles. The monoisotopic (exact) mass is 374 g/mol. The Morgan fingerprint density at radius 2 is 2.23 bits per heavy atom. The second kappa shape index (κ2) is 11.7. The van der Waals surface area contributed by atoms with Crippen LogP contribution in [0.25, 0.3) is 0 Å². The minimum Gasteiger partial charge on any atom is -0.491 e. The Hall–Kier alpha value is -1.82. The molecule has 1 heterocycles. The summed E-state index contributed by atoms with van der Waals surface area (Å²) in [6, 6.07) is 10.1. The van der Waals surface area contributed by atoms with Crippen LogP contribution in [0.3, 0.4) is 0 Å². The summed E-state index contributed by atoms with van der Waals surface area (Å²) in [6.45, 7) is 7.94. The van der Waals surface area contributed by atoms with E-state index in [2.05, 4.69) is 48.3 Å². The van der Waals surface area contributed by atoms with Crippen LogP contribution >= 0.6 is 11.3 Å². The van der Waals surface area contributed by atoms with Gasteiger partial charge in [0.25, 0.3) is 0 Å². The van der Waals surface area contributed by atoms with E-state index in [4.69, 9.17) is 4.74 Å². The van der Waals surface area contributed by atoms with E-state index in [1.807, 2.05) is 29.0 Å². The molecule has 1 unspecified atom stereocenters. The Labute approximate surface area is 161 Å². The Bertz CT molecular complexity index is 643. The van der Waals surface area contributed by atoms with Crippen molar-refractivity contribution in [1.29, 1.82) is 0 Å². The van der Waals surface area contributed by atoms with Gasteiger partial charge in [-0.3, -0.25) is 4.90 Å². The highest BCUT2D eigenvalue weighted by Crippen LogP contribution is 2.16. The molecule has 4 nitrogen and oxygen atoms in total. The van der Waals surface area contributed by atoms with Gasteiger partial charge < -0.3 is 15.2 Å². The van der Waals surface area contributed by atoms with E-state index in [-0.39, 0.29) is 6.61 Å². The smallest absolute Gasteiger partial charge is 0.119 e. The topological polar surface area (TPSA) is 44.7 Å². The second-order valence-corrected chi connectivity index (χ2v) is 7.09. The molecular formula is C21H30N2O2S. The van der Waals surface area contributed by atoms with Crippen molar-refractivity contribution in [3.05, 3.63) is 58.8 Å². The fraction of sp³-hybridized carbons (Fsp3) is 0.429. The van der Waals surface area contributed by atoms with Crippen LogP contribution in [0.15, 0.2) is 53.2 Å². The van der Waals surface area contributed by atoms with Crippen molar-refractivity contribution < 1.29 is 9.84 Å². The summed E-state index contributed by atoms with van der Waals surface area (Å²) in [6.07, 6.45) is 4.86. The predicted octanol–water partition coefficient (Wildman–Crippen LogP) is 4.39. The number of thiophene rings is 1. The SMILES string of the molecule is C/C=C/CN(CCC)Cc1cccc(OCC(O)CNc2ccsc2)c1. The molecule has 0 aliphatic rings. The summed E-state index contributed by atoms with van der Waals surface area (Å²) in [7, 11) is 0. The number of ether oxygens (including phenoxy) is 1. The van der Waals surface area contributed by atoms with Crippen LogP contribution in [0.1, 0.15) is 25.8 Å². The maximum Gasteiger partial charge on any atom is 0.119 e. The lowest BCUT2D eigenvalue weighted by Crippen LogP contribution is -2.26. The molecule has 1 aromatic carbocycles. The van der Waals surface area contributed by atoms with Crippen molar-refractivity contribution in [3.63, 3.8) is 0 Å². The first-order chi connectivity index (χ1) is 12.7. The van der Waals surface area contributed by atoms with Gasteiger partial charge >= 0.3 is 0 Å².